The second kappa shape index (κ2) is 9.46. The molecule has 0 heterocycles. The van der Waals surface area contributed by atoms with E-state index in [2.05, 4.69) is 27.2 Å². The van der Waals surface area contributed by atoms with E-state index in [0.717, 1.165) is 16.5 Å². The Balaban J connectivity index is 2.33. The van der Waals surface area contributed by atoms with Crippen LogP contribution < -0.4 is 10.1 Å². The largest absolute Gasteiger partial charge is 0.480 e. The number of amides is 1. The van der Waals surface area contributed by atoms with Crippen LogP contribution in [0.3, 0.4) is 0 Å². The van der Waals surface area contributed by atoms with Gasteiger partial charge in [-0.25, -0.2) is 0 Å². The van der Waals surface area contributed by atoms with Gasteiger partial charge in [-0.1, -0.05) is 47.0 Å². The van der Waals surface area contributed by atoms with Crippen molar-refractivity contribution in [1.82, 2.24) is 0 Å². The van der Waals surface area contributed by atoms with Crippen LogP contribution >= 0.6 is 15.9 Å². The predicted octanol–water partition coefficient (Wildman–Crippen LogP) is 4.57. The Morgan fingerprint density at radius 2 is 2.12 bits per heavy atom. The van der Waals surface area contributed by atoms with Crippen LogP contribution in [-0.2, 0) is 11.2 Å². The molecule has 0 radical (unpaired) electrons. The van der Waals surface area contributed by atoms with Gasteiger partial charge in [-0.2, -0.15) is 5.26 Å². The van der Waals surface area contributed by atoms with Gasteiger partial charge in [-0.05, 0) is 42.3 Å². The number of nitrogens with one attached hydrogen (secondary N) is 1. The van der Waals surface area contributed by atoms with Crippen molar-refractivity contribution in [1.29, 1.82) is 5.26 Å². The highest BCUT2D eigenvalue weighted by atomic mass is 79.9. The van der Waals surface area contributed by atoms with Gasteiger partial charge in [0, 0.05) is 15.7 Å². The summed E-state index contributed by atoms with van der Waals surface area (Å²) in [5.41, 5.74) is 2.25. The molecule has 26 heavy (non-hydrogen) atoms. The molecule has 0 aliphatic heterocycles. The number of halogens is 1. The second-order valence-electron chi connectivity index (χ2n) is 5.31. The van der Waals surface area contributed by atoms with Gasteiger partial charge in [-0.15, -0.1) is 6.42 Å². The lowest BCUT2D eigenvalue weighted by atomic mass is 10.1. The fraction of sp³-hybridized carbons (Fsp3) is 0.143. The summed E-state index contributed by atoms with van der Waals surface area (Å²) in [4.78, 5) is 12.5. The van der Waals surface area contributed by atoms with Gasteiger partial charge in [0.15, 0.2) is 0 Å². The first-order valence-electron chi connectivity index (χ1n) is 7.96. The fourth-order valence-corrected chi connectivity index (χ4v) is 2.71. The maximum atomic E-state index is 12.5. The molecule has 0 saturated heterocycles. The summed E-state index contributed by atoms with van der Waals surface area (Å²) in [6.45, 7) is 2.10. The van der Waals surface area contributed by atoms with Crippen molar-refractivity contribution in [3.63, 3.8) is 0 Å². The topological polar surface area (TPSA) is 62.1 Å². The third kappa shape index (κ3) is 4.99. The lowest BCUT2D eigenvalue weighted by Gasteiger charge is -2.10. The molecule has 2 aromatic rings. The Hall–Kier alpha value is -3.02. The van der Waals surface area contributed by atoms with E-state index in [-0.39, 0.29) is 12.2 Å². The smallest absolute Gasteiger partial charge is 0.266 e. The van der Waals surface area contributed by atoms with Crippen molar-refractivity contribution in [2.75, 3.05) is 11.9 Å². The average Bonchev–Trinajstić information content (AvgIpc) is 2.65. The lowest BCUT2D eigenvalue weighted by Crippen LogP contribution is -2.14. The first-order valence-corrected chi connectivity index (χ1v) is 8.75. The maximum Gasteiger partial charge on any atom is 0.266 e. The molecule has 0 aliphatic rings. The van der Waals surface area contributed by atoms with Crippen molar-refractivity contribution in [3.8, 4) is 24.2 Å². The van der Waals surface area contributed by atoms with E-state index in [4.69, 9.17) is 11.2 Å². The Bertz CT molecular complexity index is 920. The number of terminal acetylenes is 1. The number of benzene rings is 2. The van der Waals surface area contributed by atoms with Crippen LogP contribution in [0, 0.1) is 23.7 Å². The molecule has 4 nitrogen and oxygen atoms in total. The number of anilines is 1. The normalized spacial score (nSPS) is 10.5. The molecule has 0 aliphatic carbocycles. The van der Waals surface area contributed by atoms with Crippen molar-refractivity contribution < 1.29 is 9.53 Å². The van der Waals surface area contributed by atoms with Crippen LogP contribution in [0.1, 0.15) is 18.1 Å². The van der Waals surface area contributed by atoms with E-state index >= 15 is 0 Å². The summed E-state index contributed by atoms with van der Waals surface area (Å²) in [6.07, 6.45) is 7.49. The molecular formula is C21H17BrN2O2. The van der Waals surface area contributed by atoms with Crippen molar-refractivity contribution in [2.45, 2.75) is 13.3 Å². The summed E-state index contributed by atoms with van der Waals surface area (Å²) in [5.74, 6) is 2.42. The SMILES string of the molecule is C#CCOc1ccc(Br)cc1/C=C(\C#N)C(=O)Nc1ccccc1CC. The Labute approximate surface area is 161 Å². The predicted molar refractivity (Wildman–Crippen MR) is 107 cm³/mol. The van der Waals surface area contributed by atoms with Crippen molar-refractivity contribution in [3.05, 3.63) is 63.6 Å². The van der Waals surface area contributed by atoms with Crippen LogP contribution in [0.5, 0.6) is 5.75 Å². The van der Waals surface area contributed by atoms with Crippen molar-refractivity contribution >= 4 is 33.6 Å². The number of para-hydroxylation sites is 1. The average molecular weight is 409 g/mol. The van der Waals surface area contributed by atoms with E-state index in [1.807, 2.05) is 37.3 Å². The van der Waals surface area contributed by atoms with Gasteiger partial charge in [-0.3, -0.25) is 4.79 Å². The van der Waals surface area contributed by atoms with Gasteiger partial charge in [0.25, 0.3) is 5.91 Å². The first kappa shape index (κ1) is 19.3. The standard InChI is InChI=1S/C21H17BrN2O2/c1-3-11-26-20-10-9-18(22)13-16(20)12-17(14-23)21(25)24-19-8-6-5-7-15(19)4-2/h1,5-10,12-13H,4,11H2,2H3,(H,24,25)/b17-12+. The minimum atomic E-state index is -0.476. The zero-order valence-electron chi connectivity index (χ0n) is 14.3. The molecule has 0 saturated carbocycles. The van der Waals surface area contributed by atoms with Gasteiger partial charge in [0.2, 0.25) is 0 Å². The molecule has 1 amide bonds. The van der Waals surface area contributed by atoms with Crippen LogP contribution in [-0.4, -0.2) is 12.5 Å². The molecule has 0 atom stereocenters. The van der Waals surface area contributed by atoms with E-state index in [0.29, 0.717) is 17.0 Å². The number of ether oxygens (including phenoxy) is 1. The monoisotopic (exact) mass is 408 g/mol. The van der Waals surface area contributed by atoms with Gasteiger partial charge < -0.3 is 10.1 Å². The number of carbonyl (C=O) groups excluding carboxylic acids is 1. The van der Waals surface area contributed by atoms with E-state index in [9.17, 15) is 10.1 Å². The minimum Gasteiger partial charge on any atom is -0.480 e. The molecular weight excluding hydrogens is 392 g/mol. The molecule has 0 unspecified atom stereocenters. The number of nitriles is 1. The number of hydrogen-bond donors (Lipinski definition) is 1. The van der Waals surface area contributed by atoms with E-state index < -0.39 is 5.91 Å². The number of rotatable bonds is 6. The van der Waals surface area contributed by atoms with Crippen LogP contribution in [0.25, 0.3) is 6.08 Å². The highest BCUT2D eigenvalue weighted by Crippen LogP contribution is 2.26. The summed E-state index contributed by atoms with van der Waals surface area (Å²) in [6, 6.07) is 14.7. The molecule has 0 spiro atoms. The van der Waals surface area contributed by atoms with Crippen LogP contribution in [0.15, 0.2) is 52.5 Å². The zero-order valence-corrected chi connectivity index (χ0v) is 15.8. The van der Waals surface area contributed by atoms with E-state index in [1.165, 1.54) is 6.08 Å². The van der Waals surface area contributed by atoms with Gasteiger partial charge >= 0.3 is 0 Å². The van der Waals surface area contributed by atoms with E-state index in [1.54, 1.807) is 18.2 Å². The molecule has 2 rings (SSSR count). The third-order valence-corrected chi connectivity index (χ3v) is 4.09. The summed E-state index contributed by atoms with van der Waals surface area (Å²) >= 11 is 3.38. The Morgan fingerprint density at radius 3 is 2.81 bits per heavy atom. The van der Waals surface area contributed by atoms with Gasteiger partial charge in [0.05, 0.1) is 0 Å². The molecule has 5 heteroatoms. The highest BCUT2D eigenvalue weighted by Gasteiger charge is 2.13. The lowest BCUT2D eigenvalue weighted by molar-refractivity contribution is -0.112. The summed E-state index contributed by atoms with van der Waals surface area (Å²) in [7, 11) is 0. The first-order chi connectivity index (χ1) is 12.6. The number of hydrogen-bond acceptors (Lipinski definition) is 3. The molecule has 0 fully saturated rings. The molecule has 0 bridgehead atoms. The Kier molecular flexibility index (Phi) is 7.02. The second-order valence-corrected chi connectivity index (χ2v) is 6.23. The van der Waals surface area contributed by atoms with Crippen molar-refractivity contribution in [2.24, 2.45) is 0 Å². The zero-order chi connectivity index (χ0) is 18.9. The third-order valence-electron chi connectivity index (χ3n) is 3.59. The summed E-state index contributed by atoms with van der Waals surface area (Å²) < 4.78 is 6.28. The van der Waals surface area contributed by atoms with Crippen LogP contribution in [0.2, 0.25) is 0 Å². The molecule has 1 N–H and O–H groups in total. The number of nitrogens with zero attached hydrogens (tertiary/aromatic N) is 1. The Morgan fingerprint density at radius 1 is 1.35 bits per heavy atom. The highest BCUT2D eigenvalue weighted by molar-refractivity contribution is 9.10. The molecule has 2 aromatic carbocycles. The quantitative estimate of drug-likeness (QED) is 0.432. The fourth-order valence-electron chi connectivity index (χ4n) is 2.33. The maximum absolute atomic E-state index is 12.5. The molecule has 130 valence electrons. The van der Waals surface area contributed by atoms with Crippen LogP contribution in [0.4, 0.5) is 5.69 Å². The minimum absolute atomic E-state index is 0.0282. The number of carbonyl (C=O) groups is 1. The molecule has 0 aromatic heterocycles. The number of aryl methyl sites for hydroxylation is 1. The van der Waals surface area contributed by atoms with Gasteiger partial charge in [0.1, 0.15) is 24.0 Å². The summed E-state index contributed by atoms with van der Waals surface area (Å²) in [5, 5.41) is 12.2.